The monoisotopic (exact) mass is 1460 g/mol. The molecule has 4 aliphatic heterocycles. The average molecular weight is 1460 g/mol. The molecule has 12 rings (SSSR count). The fourth-order valence-corrected chi connectivity index (χ4v) is 15.1. The minimum atomic E-state index is -1.46. The molecule has 0 amide bonds. The van der Waals surface area contributed by atoms with Gasteiger partial charge in [-0.25, -0.2) is 0 Å². The van der Waals surface area contributed by atoms with E-state index in [2.05, 4.69) is 0 Å². The highest BCUT2D eigenvalue weighted by atomic mass is 16.6. The van der Waals surface area contributed by atoms with Gasteiger partial charge >= 0.3 is 23.9 Å². The lowest BCUT2D eigenvalue weighted by molar-refractivity contribution is -0.154. The first kappa shape index (κ1) is 74.0. The number of carbonyl (C=O) groups is 4. The Morgan fingerprint density at radius 3 is 1.03 bits per heavy atom. The molecule has 0 N–H and O–H groups in total. The molecule has 558 valence electrons. The Morgan fingerprint density at radius 2 is 0.660 bits per heavy atom. The van der Waals surface area contributed by atoms with E-state index >= 15 is 0 Å². The van der Waals surface area contributed by atoms with E-state index in [-0.39, 0.29) is 46.3 Å². The zero-order valence-corrected chi connectivity index (χ0v) is 61.8. The summed E-state index contributed by atoms with van der Waals surface area (Å²) in [6, 6.07) is 35.1. The van der Waals surface area contributed by atoms with E-state index in [0.29, 0.717) is 119 Å². The highest BCUT2D eigenvalue weighted by Crippen LogP contribution is 2.64. The van der Waals surface area contributed by atoms with Crippen molar-refractivity contribution >= 4 is 23.9 Å². The summed E-state index contributed by atoms with van der Waals surface area (Å²) in [6.45, 7) is 5.19. The Kier molecular flexibility index (Phi) is 21.8. The molecule has 106 heavy (non-hydrogen) atoms. The van der Waals surface area contributed by atoms with Gasteiger partial charge in [-0.1, -0.05) is 36.4 Å². The quantitative estimate of drug-likeness (QED) is 0.0402. The van der Waals surface area contributed by atoms with Crippen LogP contribution in [0.4, 0.5) is 0 Å². The van der Waals surface area contributed by atoms with Crippen LogP contribution in [0.1, 0.15) is 131 Å². The molecule has 0 aromatic heterocycles. The van der Waals surface area contributed by atoms with Gasteiger partial charge in [-0.15, -0.1) is 0 Å². The fourth-order valence-electron chi connectivity index (χ4n) is 15.1. The summed E-state index contributed by atoms with van der Waals surface area (Å²) in [5, 5.41) is 0. The summed E-state index contributed by atoms with van der Waals surface area (Å²) in [7, 11) is 19.6. The Balaban J connectivity index is 1.25. The normalized spacial score (nSPS) is 20.8. The molecular formula is C81H84O25. The van der Waals surface area contributed by atoms with Crippen molar-refractivity contribution in [2.75, 3.05) is 92.4 Å². The molecule has 4 aliphatic rings. The van der Waals surface area contributed by atoms with Gasteiger partial charge < -0.3 is 99.5 Å². The molecular weight excluding hydrogens is 1370 g/mol. The molecule has 4 heterocycles. The number of hydrogen-bond acceptors (Lipinski definition) is 25. The van der Waals surface area contributed by atoms with Crippen LogP contribution in [0.5, 0.6) is 97.7 Å². The van der Waals surface area contributed by atoms with Crippen molar-refractivity contribution < 1.29 is 119 Å². The number of fused-ring (bicyclic) bond motifs is 4. The molecule has 25 nitrogen and oxygen atoms in total. The third-order valence-corrected chi connectivity index (χ3v) is 19.5. The van der Waals surface area contributed by atoms with Crippen molar-refractivity contribution in [1.82, 2.24) is 0 Å². The number of methoxy groups -OCH3 is 13. The first-order valence-electron chi connectivity index (χ1n) is 33.9. The third kappa shape index (κ3) is 13.8. The number of ether oxygens (including phenoxy) is 21. The predicted molar refractivity (Wildman–Crippen MR) is 382 cm³/mol. The number of rotatable bonds is 24. The van der Waals surface area contributed by atoms with E-state index in [1.807, 2.05) is 12.1 Å². The van der Waals surface area contributed by atoms with Crippen LogP contribution >= 0.6 is 0 Å². The second-order valence-electron chi connectivity index (χ2n) is 25.3. The maximum Gasteiger partial charge on any atom is 0.303 e. The lowest BCUT2D eigenvalue weighted by atomic mass is 9.72. The molecule has 0 aliphatic carbocycles. The lowest BCUT2D eigenvalue weighted by Gasteiger charge is -2.45. The fraction of sp³-hybridized carbons (Fsp3) is 0.358. The standard InChI is InChI=1S/C81H84O25/c1-39(82)99-66-37-53-76(97-16)70(68-50-25-23-48(87-6)35-60(50)104-74(80(68)101-41(3)84)45-20-28-56(90-9)64(32-45)95-14)78(98-17)71(77(53)106-72(66)43-18-26-54(88-7)62(30-43)93-12)69-52-36-51(58(92-11)38-61(52)105-75(81(69)102-42(4)85)46-21-29-57(91-10)65(33-46)96-15)67-49-24-22-47(86-5)34-59(49)103-73(79(67)100-40(2)83)44-19-27-55(89-8)63(31-44)94-13/h18-36,38,66-69,72-75,79-81H,37H2,1-17H3. The van der Waals surface area contributed by atoms with Crippen LogP contribution in [0.25, 0.3) is 0 Å². The maximum absolute atomic E-state index is 14.7. The largest absolute Gasteiger partial charge is 0.497 e. The highest BCUT2D eigenvalue weighted by molar-refractivity contribution is 5.75. The Labute approximate surface area is 613 Å². The third-order valence-electron chi connectivity index (χ3n) is 19.5. The van der Waals surface area contributed by atoms with Gasteiger partial charge in [0, 0.05) is 114 Å². The van der Waals surface area contributed by atoms with Crippen molar-refractivity contribution in [2.24, 2.45) is 0 Å². The molecule has 25 heteroatoms. The molecule has 0 spiro atoms. The highest BCUT2D eigenvalue weighted by Gasteiger charge is 2.54. The molecule has 8 aromatic carbocycles. The van der Waals surface area contributed by atoms with Gasteiger partial charge in [0.1, 0.15) is 57.8 Å². The minimum absolute atomic E-state index is 0.0673. The van der Waals surface area contributed by atoms with E-state index in [1.165, 1.54) is 120 Å². The topological polar surface area (TPSA) is 262 Å². The predicted octanol–water partition coefficient (Wildman–Crippen LogP) is 13.0. The van der Waals surface area contributed by atoms with Crippen LogP contribution in [0.2, 0.25) is 0 Å². The van der Waals surface area contributed by atoms with Gasteiger partial charge in [0.25, 0.3) is 0 Å². The van der Waals surface area contributed by atoms with Gasteiger partial charge in [0.05, 0.1) is 110 Å². The van der Waals surface area contributed by atoms with E-state index in [9.17, 15) is 19.2 Å². The Morgan fingerprint density at radius 1 is 0.302 bits per heavy atom. The first-order chi connectivity index (χ1) is 51.2. The molecule has 0 fully saturated rings. The second-order valence-corrected chi connectivity index (χ2v) is 25.3. The summed E-state index contributed by atoms with van der Waals surface area (Å²) >= 11 is 0. The number of benzene rings is 8. The zero-order valence-electron chi connectivity index (χ0n) is 61.8. The molecule has 0 saturated heterocycles. The van der Waals surface area contributed by atoms with Gasteiger partial charge in [-0.2, -0.15) is 0 Å². The molecule has 0 bridgehead atoms. The second kappa shape index (κ2) is 31.3. The zero-order chi connectivity index (χ0) is 75.5. The van der Waals surface area contributed by atoms with E-state index in [0.717, 1.165) is 0 Å². The molecule has 11 atom stereocenters. The molecule has 0 saturated carbocycles. The number of esters is 4. The number of hydrogen-bond donors (Lipinski definition) is 0. The lowest BCUT2D eigenvalue weighted by Crippen LogP contribution is -2.42. The average Bonchev–Trinajstić information content (AvgIpc) is 0.705. The van der Waals surface area contributed by atoms with Crippen LogP contribution in [0.15, 0.2) is 121 Å². The Bertz CT molecular complexity index is 4640. The van der Waals surface area contributed by atoms with Gasteiger partial charge in [0.2, 0.25) is 0 Å². The van der Waals surface area contributed by atoms with Crippen molar-refractivity contribution in [3.8, 4) is 97.7 Å². The maximum atomic E-state index is 14.7. The van der Waals surface area contributed by atoms with E-state index < -0.39 is 90.5 Å². The van der Waals surface area contributed by atoms with Gasteiger partial charge in [-0.3, -0.25) is 19.2 Å². The molecule has 8 aromatic rings. The smallest absolute Gasteiger partial charge is 0.303 e. The van der Waals surface area contributed by atoms with Gasteiger partial charge in [0.15, 0.2) is 88.7 Å². The van der Waals surface area contributed by atoms with Crippen LogP contribution in [-0.4, -0.2) is 141 Å². The van der Waals surface area contributed by atoms with Gasteiger partial charge in [-0.05, 0) is 66.7 Å². The summed E-state index contributed by atoms with van der Waals surface area (Å²) in [4.78, 5) is 56.7. The summed E-state index contributed by atoms with van der Waals surface area (Å²) < 4.78 is 135. The Hall–Kier alpha value is -11.8. The van der Waals surface area contributed by atoms with Crippen molar-refractivity contribution in [2.45, 2.75) is 101 Å². The molecule has 11 unspecified atom stereocenters. The first-order valence-corrected chi connectivity index (χ1v) is 33.9. The van der Waals surface area contributed by atoms with E-state index in [1.54, 1.807) is 109 Å². The van der Waals surface area contributed by atoms with Crippen molar-refractivity contribution in [3.63, 3.8) is 0 Å². The molecule has 0 radical (unpaired) electrons. The summed E-state index contributed by atoms with van der Waals surface area (Å²) in [5.74, 6) is -0.867. The number of carbonyl (C=O) groups excluding carboxylic acids is 4. The van der Waals surface area contributed by atoms with Crippen LogP contribution in [-0.2, 0) is 44.5 Å². The minimum Gasteiger partial charge on any atom is -0.497 e. The van der Waals surface area contributed by atoms with Crippen LogP contribution < -0.4 is 80.5 Å². The van der Waals surface area contributed by atoms with Crippen molar-refractivity contribution in [3.05, 3.63) is 183 Å². The SMILES string of the molecule is COc1ccc2c(c1)OC(c1ccc(OC)c(OC)c1)C(OC(C)=O)C2c1cc2c(cc1OC)OC(c1ccc(OC)c(OC)c1)C(OC(C)=O)C2c1c2c(c(OC)c(C3c4ccc(OC)cc4OC(c4ccc(OC)c(OC)c4)C3OC(C)=O)c1OC)CC(OC(C)=O)C(c1ccc(OC)c(OC)c1)O2. The van der Waals surface area contributed by atoms with Crippen molar-refractivity contribution in [1.29, 1.82) is 0 Å². The summed E-state index contributed by atoms with van der Waals surface area (Å²) in [5.41, 5.74) is 4.56. The van der Waals surface area contributed by atoms with Crippen LogP contribution in [0.3, 0.4) is 0 Å². The summed E-state index contributed by atoms with van der Waals surface area (Å²) in [6.07, 6.45) is -9.88. The van der Waals surface area contributed by atoms with E-state index in [4.69, 9.17) is 99.5 Å². The van der Waals surface area contributed by atoms with Crippen LogP contribution in [0, 0.1) is 0 Å².